The van der Waals surface area contributed by atoms with E-state index in [-0.39, 0.29) is 55.1 Å². The number of alkyl halides is 3. The molecule has 138 valence electrons. The summed E-state index contributed by atoms with van der Waals surface area (Å²) in [4.78, 5) is 15.8. The van der Waals surface area contributed by atoms with Gasteiger partial charge in [0.2, 0.25) is 11.8 Å². The van der Waals surface area contributed by atoms with E-state index < -0.39 is 12.8 Å². The Hall–Kier alpha value is -1.25. The highest BCUT2D eigenvalue weighted by atomic mass is 35.5. The zero-order valence-electron chi connectivity index (χ0n) is 12.7. The first kappa shape index (κ1) is 22.8. The molecule has 3 N–H and O–H groups in total. The second-order valence-electron chi connectivity index (χ2n) is 5.36. The van der Waals surface area contributed by atoms with Crippen molar-refractivity contribution >= 4 is 30.7 Å². The Bertz CT molecular complexity index is 532. The van der Waals surface area contributed by atoms with Crippen LogP contribution in [0, 0.1) is 5.92 Å². The number of nitrogens with zero attached hydrogens (tertiary/aromatic N) is 1. The van der Waals surface area contributed by atoms with Gasteiger partial charge in [-0.15, -0.1) is 24.8 Å². The second-order valence-corrected chi connectivity index (χ2v) is 5.36. The Morgan fingerprint density at radius 3 is 2.67 bits per heavy atom. The lowest BCUT2D eigenvalue weighted by Gasteiger charge is -2.14. The fraction of sp³-hybridized carbons (Fsp3) is 0.571. The SMILES string of the molecule is Cl.Cl.NC1CCC(C(=O)NCc2cccnc2OCC(F)(F)F)C1. The van der Waals surface area contributed by atoms with E-state index >= 15 is 0 Å². The minimum atomic E-state index is -4.43. The van der Waals surface area contributed by atoms with Crippen molar-refractivity contribution < 1.29 is 22.7 Å². The number of nitrogens with one attached hydrogen (secondary N) is 1. The first-order valence-electron chi connectivity index (χ1n) is 7.02. The van der Waals surface area contributed by atoms with Crippen LogP contribution in [-0.4, -0.2) is 29.7 Å². The van der Waals surface area contributed by atoms with E-state index in [2.05, 4.69) is 15.0 Å². The minimum absolute atomic E-state index is 0. The highest BCUT2D eigenvalue weighted by Crippen LogP contribution is 2.24. The van der Waals surface area contributed by atoms with Gasteiger partial charge in [0, 0.05) is 30.3 Å². The Kier molecular flexibility index (Phi) is 9.39. The number of nitrogens with two attached hydrogens (primary N) is 1. The molecule has 0 bridgehead atoms. The van der Waals surface area contributed by atoms with Gasteiger partial charge in [-0.3, -0.25) is 4.79 Å². The summed E-state index contributed by atoms with van der Waals surface area (Å²) in [5.74, 6) is -0.395. The number of carbonyl (C=O) groups is 1. The lowest BCUT2D eigenvalue weighted by Crippen LogP contribution is -2.30. The molecule has 1 aliphatic carbocycles. The summed E-state index contributed by atoms with van der Waals surface area (Å²) in [5.41, 5.74) is 6.16. The van der Waals surface area contributed by atoms with E-state index in [0.29, 0.717) is 12.0 Å². The monoisotopic (exact) mass is 389 g/mol. The largest absolute Gasteiger partial charge is 0.468 e. The minimum Gasteiger partial charge on any atom is -0.468 e. The average Bonchev–Trinajstić information content (AvgIpc) is 2.89. The number of pyridine rings is 1. The molecule has 1 amide bonds. The maximum atomic E-state index is 12.2. The van der Waals surface area contributed by atoms with Crippen molar-refractivity contribution in [3.8, 4) is 5.88 Å². The molecule has 24 heavy (non-hydrogen) atoms. The molecule has 1 heterocycles. The fourth-order valence-corrected chi connectivity index (χ4v) is 2.42. The molecule has 1 aromatic rings. The van der Waals surface area contributed by atoms with Crippen molar-refractivity contribution in [1.82, 2.24) is 10.3 Å². The topological polar surface area (TPSA) is 77.2 Å². The van der Waals surface area contributed by atoms with Gasteiger partial charge in [-0.2, -0.15) is 13.2 Å². The maximum absolute atomic E-state index is 12.2. The van der Waals surface area contributed by atoms with Crippen LogP contribution in [0.4, 0.5) is 13.2 Å². The number of halogens is 5. The quantitative estimate of drug-likeness (QED) is 0.811. The molecule has 2 atom stereocenters. The molecule has 0 saturated heterocycles. The maximum Gasteiger partial charge on any atom is 0.422 e. The van der Waals surface area contributed by atoms with Crippen LogP contribution in [0.5, 0.6) is 5.88 Å². The molecule has 0 radical (unpaired) electrons. The van der Waals surface area contributed by atoms with E-state index in [1.54, 1.807) is 12.1 Å². The van der Waals surface area contributed by atoms with E-state index in [4.69, 9.17) is 5.73 Å². The Morgan fingerprint density at radius 1 is 1.38 bits per heavy atom. The van der Waals surface area contributed by atoms with Gasteiger partial charge in [0.25, 0.3) is 0 Å². The van der Waals surface area contributed by atoms with Crippen molar-refractivity contribution in [2.24, 2.45) is 11.7 Å². The highest BCUT2D eigenvalue weighted by Gasteiger charge is 2.30. The van der Waals surface area contributed by atoms with Crippen LogP contribution in [0.15, 0.2) is 18.3 Å². The summed E-state index contributed by atoms with van der Waals surface area (Å²) in [6.07, 6.45) is -0.913. The zero-order chi connectivity index (χ0) is 16.2. The van der Waals surface area contributed by atoms with Crippen LogP contribution in [0.25, 0.3) is 0 Å². The van der Waals surface area contributed by atoms with Crippen LogP contribution in [0.1, 0.15) is 24.8 Å². The molecule has 10 heteroatoms. The Morgan fingerprint density at radius 2 is 2.08 bits per heavy atom. The molecule has 2 unspecified atom stereocenters. The van der Waals surface area contributed by atoms with Gasteiger partial charge < -0.3 is 15.8 Å². The number of hydrogen-bond acceptors (Lipinski definition) is 4. The third kappa shape index (κ3) is 7.11. The smallest absolute Gasteiger partial charge is 0.422 e. The average molecular weight is 390 g/mol. The van der Waals surface area contributed by atoms with Crippen LogP contribution >= 0.6 is 24.8 Å². The standard InChI is InChI=1S/C14H18F3N3O2.2ClH/c15-14(16,17)8-22-13-10(2-1-5-19-13)7-20-12(21)9-3-4-11(18)6-9;;/h1-2,5,9,11H,3-4,6-8,18H2,(H,20,21);2*1H. The van der Waals surface area contributed by atoms with E-state index in [1.165, 1.54) is 6.20 Å². The lowest BCUT2D eigenvalue weighted by atomic mass is 10.1. The molecular weight excluding hydrogens is 370 g/mol. The Labute approximate surface area is 150 Å². The number of carbonyl (C=O) groups excluding carboxylic acids is 1. The summed E-state index contributed by atoms with van der Waals surface area (Å²) in [7, 11) is 0. The summed E-state index contributed by atoms with van der Waals surface area (Å²) in [6.45, 7) is -1.34. The van der Waals surface area contributed by atoms with Gasteiger partial charge in [-0.25, -0.2) is 4.98 Å². The van der Waals surface area contributed by atoms with Crippen molar-refractivity contribution in [3.63, 3.8) is 0 Å². The number of aromatic nitrogens is 1. The van der Waals surface area contributed by atoms with Crippen molar-refractivity contribution in [2.45, 2.75) is 38.0 Å². The first-order valence-corrected chi connectivity index (χ1v) is 7.02. The summed E-state index contributed by atoms with van der Waals surface area (Å²) < 4.78 is 41.3. The third-order valence-corrected chi connectivity index (χ3v) is 3.52. The second kappa shape index (κ2) is 9.90. The molecule has 5 nitrogen and oxygen atoms in total. The normalized spacial score (nSPS) is 19.8. The van der Waals surface area contributed by atoms with Crippen molar-refractivity contribution in [2.75, 3.05) is 6.61 Å². The molecule has 1 fully saturated rings. The van der Waals surface area contributed by atoms with E-state index in [1.807, 2.05) is 0 Å². The first-order chi connectivity index (χ1) is 10.3. The third-order valence-electron chi connectivity index (χ3n) is 3.52. The Balaban J connectivity index is 0.00000264. The van der Waals surface area contributed by atoms with E-state index in [9.17, 15) is 18.0 Å². The van der Waals surface area contributed by atoms with Gasteiger partial charge in [0.05, 0.1) is 0 Å². The predicted octanol–water partition coefficient (Wildman–Crippen LogP) is 2.61. The number of amides is 1. The van der Waals surface area contributed by atoms with Gasteiger partial charge in [0.1, 0.15) is 0 Å². The zero-order valence-corrected chi connectivity index (χ0v) is 14.3. The molecule has 1 aromatic heterocycles. The van der Waals surface area contributed by atoms with E-state index in [0.717, 1.165) is 12.8 Å². The van der Waals surface area contributed by atoms with Crippen LogP contribution in [-0.2, 0) is 11.3 Å². The van der Waals surface area contributed by atoms with Gasteiger partial charge in [-0.05, 0) is 25.3 Å². The molecule has 0 spiro atoms. The highest BCUT2D eigenvalue weighted by molar-refractivity contribution is 5.85. The molecule has 2 rings (SSSR count). The van der Waals surface area contributed by atoms with Gasteiger partial charge >= 0.3 is 6.18 Å². The van der Waals surface area contributed by atoms with Crippen LogP contribution in [0.3, 0.4) is 0 Å². The number of hydrogen-bond donors (Lipinski definition) is 2. The summed E-state index contributed by atoms with van der Waals surface area (Å²) >= 11 is 0. The number of rotatable bonds is 5. The van der Waals surface area contributed by atoms with Gasteiger partial charge in [0.15, 0.2) is 6.61 Å². The predicted molar refractivity (Wildman–Crippen MR) is 87.4 cm³/mol. The van der Waals surface area contributed by atoms with Crippen LogP contribution in [0.2, 0.25) is 0 Å². The van der Waals surface area contributed by atoms with Crippen molar-refractivity contribution in [1.29, 1.82) is 0 Å². The molecule has 0 aromatic carbocycles. The van der Waals surface area contributed by atoms with Crippen LogP contribution < -0.4 is 15.8 Å². The molecule has 1 aliphatic rings. The van der Waals surface area contributed by atoms with Crippen molar-refractivity contribution in [3.05, 3.63) is 23.9 Å². The van der Waals surface area contributed by atoms with Gasteiger partial charge in [-0.1, -0.05) is 6.07 Å². The molecule has 1 saturated carbocycles. The summed E-state index contributed by atoms with van der Waals surface area (Å²) in [6, 6.07) is 3.19. The lowest BCUT2D eigenvalue weighted by molar-refractivity contribution is -0.154. The summed E-state index contributed by atoms with van der Waals surface area (Å²) in [5, 5.41) is 2.70. The fourth-order valence-electron chi connectivity index (χ4n) is 2.42. The molecule has 0 aliphatic heterocycles. The molecular formula is C14H20Cl2F3N3O2. The number of ether oxygens (including phenoxy) is 1.